The van der Waals surface area contributed by atoms with Crippen LogP contribution in [0, 0.1) is 0 Å². The van der Waals surface area contributed by atoms with Gasteiger partial charge in [-0.15, -0.1) is 0 Å². The van der Waals surface area contributed by atoms with Crippen molar-refractivity contribution in [2.45, 2.75) is 161 Å². The third-order valence-electron chi connectivity index (χ3n) is 6.89. The fraction of sp³-hybridized carbons (Fsp3) is 0.771. The second kappa shape index (κ2) is 31.6. The van der Waals surface area contributed by atoms with E-state index in [2.05, 4.69) is 50.3 Å². The summed E-state index contributed by atoms with van der Waals surface area (Å²) in [6, 6.07) is 0. The van der Waals surface area contributed by atoms with Crippen LogP contribution in [0.25, 0.3) is 0 Å². The molecule has 0 aliphatic rings. The van der Waals surface area contributed by atoms with Gasteiger partial charge in [0, 0.05) is 12.8 Å². The standard InChI is InChI=1S/C35H62O5/c1-3-5-7-9-11-13-15-16-17-18-19-20-22-24-26-28-30-35(38)40-33(31-36)32-39-34(37)29-27-25-23-21-14-12-10-8-6-4-2/h8,10,13,15,17-18,33,36H,3-7,9,11-12,14,16,19-32H2,1-2H3/b10-8-,15-13-,18-17-. The predicted octanol–water partition coefficient (Wildman–Crippen LogP) is 9.72. The molecular formula is C35H62O5. The summed E-state index contributed by atoms with van der Waals surface area (Å²) in [5.74, 6) is -0.623. The Labute approximate surface area is 246 Å². The lowest BCUT2D eigenvalue weighted by atomic mass is 10.1. The molecule has 0 aromatic heterocycles. The van der Waals surface area contributed by atoms with E-state index >= 15 is 0 Å². The van der Waals surface area contributed by atoms with Crippen LogP contribution < -0.4 is 0 Å². The summed E-state index contributed by atoms with van der Waals surface area (Å²) in [6.07, 6.45) is 36.2. The molecule has 0 bridgehead atoms. The molecule has 0 radical (unpaired) electrons. The third kappa shape index (κ3) is 29.1. The summed E-state index contributed by atoms with van der Waals surface area (Å²) in [7, 11) is 0. The number of carbonyl (C=O) groups excluding carboxylic acids is 2. The molecule has 5 heteroatoms. The Morgan fingerprint density at radius 1 is 0.575 bits per heavy atom. The molecule has 5 nitrogen and oxygen atoms in total. The van der Waals surface area contributed by atoms with E-state index in [1.165, 1.54) is 57.8 Å². The molecule has 1 atom stereocenters. The quantitative estimate of drug-likeness (QED) is 0.0558. The van der Waals surface area contributed by atoms with Crippen LogP contribution in [0.4, 0.5) is 0 Å². The summed E-state index contributed by atoms with van der Waals surface area (Å²) >= 11 is 0. The first-order valence-electron chi connectivity index (χ1n) is 16.5. The fourth-order valence-electron chi connectivity index (χ4n) is 4.35. The number of hydrogen-bond donors (Lipinski definition) is 1. The van der Waals surface area contributed by atoms with Gasteiger partial charge >= 0.3 is 11.9 Å². The van der Waals surface area contributed by atoms with Crippen LogP contribution in [-0.4, -0.2) is 36.4 Å². The van der Waals surface area contributed by atoms with E-state index in [4.69, 9.17) is 9.47 Å². The summed E-state index contributed by atoms with van der Waals surface area (Å²) < 4.78 is 10.5. The Kier molecular flexibility index (Phi) is 30.2. The zero-order valence-corrected chi connectivity index (χ0v) is 26.1. The molecule has 1 unspecified atom stereocenters. The lowest BCUT2D eigenvalue weighted by molar-refractivity contribution is -0.161. The first kappa shape index (κ1) is 38.1. The Morgan fingerprint density at radius 2 is 1.05 bits per heavy atom. The number of hydrogen-bond acceptors (Lipinski definition) is 5. The van der Waals surface area contributed by atoms with Crippen molar-refractivity contribution in [1.82, 2.24) is 0 Å². The van der Waals surface area contributed by atoms with Gasteiger partial charge in [-0.3, -0.25) is 9.59 Å². The number of aliphatic hydroxyl groups excluding tert-OH is 1. The molecule has 232 valence electrons. The highest BCUT2D eigenvalue weighted by Crippen LogP contribution is 2.11. The Balaban J connectivity index is 3.63. The van der Waals surface area contributed by atoms with Gasteiger partial charge in [-0.05, 0) is 64.2 Å². The van der Waals surface area contributed by atoms with E-state index in [0.717, 1.165) is 70.6 Å². The van der Waals surface area contributed by atoms with Crippen LogP contribution in [0.1, 0.15) is 155 Å². The van der Waals surface area contributed by atoms with Gasteiger partial charge < -0.3 is 14.6 Å². The van der Waals surface area contributed by atoms with E-state index in [0.29, 0.717) is 12.8 Å². The highest BCUT2D eigenvalue weighted by Gasteiger charge is 2.16. The molecule has 0 spiro atoms. The average molecular weight is 563 g/mol. The van der Waals surface area contributed by atoms with Crippen LogP contribution in [0.3, 0.4) is 0 Å². The zero-order chi connectivity index (χ0) is 29.4. The maximum absolute atomic E-state index is 12.1. The van der Waals surface area contributed by atoms with Crippen molar-refractivity contribution < 1.29 is 24.2 Å². The van der Waals surface area contributed by atoms with Gasteiger partial charge in [-0.2, -0.15) is 0 Å². The Bertz CT molecular complexity index is 652. The second-order valence-electron chi connectivity index (χ2n) is 10.9. The Morgan fingerprint density at radius 3 is 1.60 bits per heavy atom. The van der Waals surface area contributed by atoms with E-state index in [-0.39, 0.29) is 25.2 Å². The first-order chi connectivity index (χ1) is 19.6. The van der Waals surface area contributed by atoms with Crippen molar-refractivity contribution in [3.63, 3.8) is 0 Å². The Hall–Kier alpha value is -1.88. The van der Waals surface area contributed by atoms with E-state index in [1.54, 1.807) is 0 Å². The van der Waals surface area contributed by atoms with Gasteiger partial charge in [0.05, 0.1) is 6.61 Å². The van der Waals surface area contributed by atoms with Gasteiger partial charge in [0.1, 0.15) is 6.61 Å². The molecule has 0 fully saturated rings. The number of allylic oxidation sites excluding steroid dienone is 6. The van der Waals surface area contributed by atoms with Gasteiger partial charge in [-0.25, -0.2) is 0 Å². The van der Waals surface area contributed by atoms with Crippen LogP contribution >= 0.6 is 0 Å². The molecule has 0 aromatic carbocycles. The van der Waals surface area contributed by atoms with Gasteiger partial charge in [0.25, 0.3) is 0 Å². The number of rotatable bonds is 29. The van der Waals surface area contributed by atoms with Crippen molar-refractivity contribution in [2.24, 2.45) is 0 Å². The van der Waals surface area contributed by atoms with E-state index in [1.807, 2.05) is 0 Å². The molecule has 0 rings (SSSR count). The molecule has 0 aliphatic heterocycles. The predicted molar refractivity (Wildman–Crippen MR) is 168 cm³/mol. The highest BCUT2D eigenvalue weighted by atomic mass is 16.6. The number of aliphatic hydroxyl groups is 1. The number of carbonyl (C=O) groups is 2. The highest BCUT2D eigenvalue weighted by molar-refractivity contribution is 5.70. The SMILES string of the molecule is CCC/C=C\CCCCCCCC(=O)OCC(CO)OC(=O)CCCCCCC/C=C\C/C=C\CCCCCC. The van der Waals surface area contributed by atoms with Crippen molar-refractivity contribution in [3.8, 4) is 0 Å². The summed E-state index contributed by atoms with van der Waals surface area (Å²) in [5, 5.41) is 9.48. The van der Waals surface area contributed by atoms with Crippen LogP contribution in [-0.2, 0) is 19.1 Å². The van der Waals surface area contributed by atoms with Gasteiger partial charge in [0.15, 0.2) is 6.10 Å². The summed E-state index contributed by atoms with van der Waals surface area (Å²) in [4.78, 5) is 24.0. The van der Waals surface area contributed by atoms with Gasteiger partial charge in [-0.1, -0.05) is 115 Å². The minimum Gasteiger partial charge on any atom is -0.462 e. The number of esters is 2. The van der Waals surface area contributed by atoms with Crippen molar-refractivity contribution in [2.75, 3.05) is 13.2 Å². The van der Waals surface area contributed by atoms with Crippen LogP contribution in [0.15, 0.2) is 36.5 Å². The third-order valence-corrected chi connectivity index (χ3v) is 6.89. The summed E-state index contributed by atoms with van der Waals surface area (Å²) in [6.45, 7) is 4.02. The molecule has 0 heterocycles. The minimum absolute atomic E-state index is 0.0760. The lowest BCUT2D eigenvalue weighted by Crippen LogP contribution is -2.28. The van der Waals surface area contributed by atoms with Gasteiger partial charge in [0.2, 0.25) is 0 Å². The monoisotopic (exact) mass is 562 g/mol. The maximum atomic E-state index is 12.1. The fourth-order valence-corrected chi connectivity index (χ4v) is 4.35. The largest absolute Gasteiger partial charge is 0.462 e. The van der Waals surface area contributed by atoms with Crippen molar-refractivity contribution in [3.05, 3.63) is 36.5 Å². The number of ether oxygens (including phenoxy) is 2. The molecular weight excluding hydrogens is 500 g/mol. The minimum atomic E-state index is -0.778. The van der Waals surface area contributed by atoms with Crippen LogP contribution in [0.2, 0.25) is 0 Å². The van der Waals surface area contributed by atoms with Crippen LogP contribution in [0.5, 0.6) is 0 Å². The molecule has 0 saturated heterocycles. The molecule has 1 N–H and O–H groups in total. The first-order valence-corrected chi connectivity index (χ1v) is 16.5. The average Bonchev–Trinajstić information content (AvgIpc) is 2.96. The molecule has 0 amide bonds. The molecule has 0 aromatic rings. The maximum Gasteiger partial charge on any atom is 0.306 e. The van der Waals surface area contributed by atoms with E-state index < -0.39 is 6.10 Å². The van der Waals surface area contributed by atoms with Crippen molar-refractivity contribution >= 4 is 11.9 Å². The lowest BCUT2D eigenvalue weighted by Gasteiger charge is -2.15. The summed E-state index contributed by atoms with van der Waals surface area (Å²) in [5.41, 5.74) is 0. The van der Waals surface area contributed by atoms with E-state index in [9.17, 15) is 14.7 Å². The number of unbranched alkanes of at least 4 members (excludes halogenated alkanes) is 15. The topological polar surface area (TPSA) is 72.8 Å². The molecule has 0 saturated carbocycles. The second-order valence-corrected chi connectivity index (χ2v) is 10.9. The van der Waals surface area contributed by atoms with Crippen molar-refractivity contribution in [1.29, 1.82) is 0 Å². The smallest absolute Gasteiger partial charge is 0.306 e. The molecule has 40 heavy (non-hydrogen) atoms. The normalized spacial score (nSPS) is 12.6. The zero-order valence-electron chi connectivity index (χ0n) is 26.1. The molecule has 0 aliphatic carbocycles.